The molecule has 1 aliphatic heterocycles. The van der Waals surface area contributed by atoms with Crippen molar-refractivity contribution in [2.45, 2.75) is 24.7 Å². The normalized spacial score (nSPS) is 21.8. The van der Waals surface area contributed by atoms with E-state index in [1.807, 2.05) is 41.6 Å². The van der Waals surface area contributed by atoms with Crippen molar-refractivity contribution >= 4 is 27.1 Å². The van der Waals surface area contributed by atoms with Gasteiger partial charge in [0.05, 0.1) is 34.8 Å². The number of anilines is 1. The molecule has 2 aromatic heterocycles. The van der Waals surface area contributed by atoms with Gasteiger partial charge in [0.25, 0.3) is 0 Å². The highest BCUT2D eigenvalue weighted by molar-refractivity contribution is 7.18. The molecule has 0 saturated carbocycles. The molecule has 1 aromatic carbocycles. The lowest BCUT2D eigenvalue weighted by atomic mass is 10.0. The maximum absolute atomic E-state index is 14.8. The van der Waals surface area contributed by atoms with Crippen molar-refractivity contribution in [3.8, 4) is 5.69 Å². The van der Waals surface area contributed by atoms with Crippen molar-refractivity contribution in [2.75, 3.05) is 38.7 Å². The lowest BCUT2D eigenvalue weighted by Crippen LogP contribution is -2.50. The van der Waals surface area contributed by atoms with E-state index in [1.54, 1.807) is 18.4 Å². The number of aliphatic hydroxyl groups is 1. The summed E-state index contributed by atoms with van der Waals surface area (Å²) in [7, 11) is 1.56. The van der Waals surface area contributed by atoms with Gasteiger partial charge in [0.2, 0.25) is 0 Å². The number of β-amino-alcohol motifs (C(OH)–C–C–N with tert-alkyl or cyclic N) is 1. The fraction of sp³-hybridized carbons (Fsp3) is 0.429. The van der Waals surface area contributed by atoms with Crippen LogP contribution in [0.15, 0.2) is 48.1 Å². The molecule has 3 unspecified atom stereocenters. The first-order valence-electron chi connectivity index (χ1n) is 9.59. The van der Waals surface area contributed by atoms with Gasteiger partial charge in [-0.05, 0) is 24.6 Å². The Labute approximate surface area is 168 Å². The Balaban J connectivity index is 1.46. The molecule has 0 spiro atoms. The van der Waals surface area contributed by atoms with Gasteiger partial charge in [0.15, 0.2) is 0 Å². The number of methoxy groups -OCH3 is 1. The number of ether oxygens (including phenoxy) is 1. The Morgan fingerprint density at radius 2 is 2.14 bits per heavy atom. The number of halogens is 1. The summed E-state index contributed by atoms with van der Waals surface area (Å²) in [6, 6.07) is 9.96. The molecule has 4 rings (SSSR count). The zero-order valence-corrected chi connectivity index (χ0v) is 16.7. The molecule has 1 fully saturated rings. The SMILES string of the molecule is COCC(O)CN1CCC(Nc2cccc3c(-n4cccc4)csc23)C(F)C1. The summed E-state index contributed by atoms with van der Waals surface area (Å²) in [5.74, 6) is 0. The number of thiophene rings is 1. The molecule has 1 aliphatic rings. The zero-order chi connectivity index (χ0) is 19.5. The van der Waals surface area contributed by atoms with Gasteiger partial charge >= 0.3 is 0 Å². The molecule has 0 radical (unpaired) electrons. The van der Waals surface area contributed by atoms with E-state index < -0.39 is 12.3 Å². The van der Waals surface area contributed by atoms with E-state index in [-0.39, 0.29) is 12.6 Å². The third-order valence-electron chi connectivity index (χ3n) is 5.26. The van der Waals surface area contributed by atoms with Crippen LogP contribution >= 0.6 is 11.3 Å². The maximum atomic E-state index is 14.8. The standard InChI is InChI=1S/C21H26FN3O2S/c1-27-13-15(26)11-24-10-7-18(17(22)12-24)23-19-6-4-5-16-20(14-28-21(16)19)25-8-2-3-9-25/h2-6,8-9,14-15,17-18,23,26H,7,10-13H2,1H3. The second-order valence-electron chi connectivity index (χ2n) is 7.32. The molecule has 1 saturated heterocycles. The van der Waals surface area contributed by atoms with Crippen LogP contribution in [0, 0.1) is 0 Å². The number of alkyl halides is 1. The van der Waals surface area contributed by atoms with Gasteiger partial charge in [-0.15, -0.1) is 11.3 Å². The summed E-state index contributed by atoms with van der Waals surface area (Å²) < 4.78 is 23.0. The minimum Gasteiger partial charge on any atom is -0.389 e. The van der Waals surface area contributed by atoms with Crippen molar-refractivity contribution in [3.63, 3.8) is 0 Å². The predicted octanol–water partition coefficient (Wildman–Crippen LogP) is 3.52. The number of rotatable bonds is 7. The van der Waals surface area contributed by atoms with E-state index in [1.165, 1.54) is 5.39 Å². The number of hydrogen-bond acceptors (Lipinski definition) is 5. The zero-order valence-electron chi connectivity index (χ0n) is 15.9. The van der Waals surface area contributed by atoms with Crippen molar-refractivity contribution in [3.05, 3.63) is 48.1 Å². The molecule has 5 nitrogen and oxygen atoms in total. The molecule has 0 aliphatic carbocycles. The summed E-state index contributed by atoms with van der Waals surface area (Å²) in [4.78, 5) is 1.97. The van der Waals surface area contributed by atoms with Crippen LogP contribution in [-0.4, -0.2) is 66.2 Å². The van der Waals surface area contributed by atoms with Crippen LogP contribution in [0.25, 0.3) is 15.8 Å². The molecule has 7 heteroatoms. The van der Waals surface area contributed by atoms with Crippen molar-refractivity contribution in [2.24, 2.45) is 0 Å². The van der Waals surface area contributed by atoms with Crippen LogP contribution in [0.5, 0.6) is 0 Å². The van der Waals surface area contributed by atoms with Gasteiger partial charge in [0.1, 0.15) is 6.17 Å². The molecule has 3 aromatic rings. The Hall–Kier alpha value is -1.93. The largest absolute Gasteiger partial charge is 0.389 e. The van der Waals surface area contributed by atoms with Crippen LogP contribution in [0.1, 0.15) is 6.42 Å². The fourth-order valence-corrected chi connectivity index (χ4v) is 4.92. The number of aromatic nitrogens is 1. The van der Waals surface area contributed by atoms with E-state index in [9.17, 15) is 9.50 Å². The topological polar surface area (TPSA) is 49.7 Å². The van der Waals surface area contributed by atoms with E-state index in [2.05, 4.69) is 21.3 Å². The second-order valence-corrected chi connectivity index (χ2v) is 8.20. The van der Waals surface area contributed by atoms with Crippen molar-refractivity contribution < 1.29 is 14.2 Å². The summed E-state index contributed by atoms with van der Waals surface area (Å²) in [6.07, 6.45) is 3.21. The molecule has 2 N–H and O–H groups in total. The Morgan fingerprint density at radius 1 is 1.32 bits per heavy atom. The van der Waals surface area contributed by atoms with E-state index in [0.29, 0.717) is 19.5 Å². The first-order chi connectivity index (χ1) is 13.7. The summed E-state index contributed by atoms with van der Waals surface area (Å²) in [6.45, 7) is 1.81. The number of fused-ring (bicyclic) bond motifs is 1. The average Bonchev–Trinajstić information content (AvgIpc) is 3.33. The lowest BCUT2D eigenvalue weighted by molar-refractivity contribution is 0.0215. The first kappa shape index (κ1) is 19.4. The predicted molar refractivity (Wildman–Crippen MR) is 112 cm³/mol. The second kappa shape index (κ2) is 8.61. The van der Waals surface area contributed by atoms with Gasteiger partial charge in [-0.3, -0.25) is 4.90 Å². The van der Waals surface area contributed by atoms with Crippen LogP contribution < -0.4 is 5.32 Å². The van der Waals surface area contributed by atoms with Crippen molar-refractivity contribution in [1.82, 2.24) is 9.47 Å². The quantitative estimate of drug-likeness (QED) is 0.634. The number of nitrogens with zero attached hydrogens (tertiary/aromatic N) is 2. The maximum Gasteiger partial charge on any atom is 0.133 e. The number of hydrogen-bond donors (Lipinski definition) is 2. The van der Waals surface area contributed by atoms with Gasteiger partial charge in [-0.2, -0.15) is 0 Å². The highest BCUT2D eigenvalue weighted by Gasteiger charge is 2.30. The molecule has 28 heavy (non-hydrogen) atoms. The molecule has 0 bridgehead atoms. The molecule has 3 atom stereocenters. The van der Waals surface area contributed by atoms with Gasteiger partial charge in [-0.1, -0.05) is 12.1 Å². The van der Waals surface area contributed by atoms with Crippen LogP contribution in [0.4, 0.5) is 10.1 Å². The smallest absolute Gasteiger partial charge is 0.133 e. The van der Waals surface area contributed by atoms with E-state index in [4.69, 9.17) is 4.74 Å². The monoisotopic (exact) mass is 403 g/mol. The number of aliphatic hydroxyl groups excluding tert-OH is 1. The van der Waals surface area contributed by atoms with Crippen LogP contribution in [0.2, 0.25) is 0 Å². The number of likely N-dealkylation sites (tertiary alicyclic amines) is 1. The summed E-state index contributed by atoms with van der Waals surface area (Å²) in [5, 5.41) is 16.6. The molecule has 150 valence electrons. The molecule has 3 heterocycles. The fourth-order valence-electron chi connectivity index (χ4n) is 3.89. The summed E-state index contributed by atoms with van der Waals surface area (Å²) >= 11 is 1.68. The summed E-state index contributed by atoms with van der Waals surface area (Å²) in [5.41, 5.74) is 2.13. The van der Waals surface area contributed by atoms with Gasteiger partial charge < -0.3 is 19.7 Å². The van der Waals surface area contributed by atoms with Crippen molar-refractivity contribution in [1.29, 1.82) is 0 Å². The third kappa shape index (κ3) is 4.07. The minimum atomic E-state index is -0.984. The Kier molecular flexibility index (Phi) is 5.96. The van der Waals surface area contributed by atoms with Gasteiger partial charge in [0, 0.05) is 49.9 Å². The highest BCUT2D eigenvalue weighted by Crippen LogP contribution is 2.35. The van der Waals surface area contributed by atoms with E-state index >= 15 is 0 Å². The number of benzene rings is 1. The number of nitrogens with one attached hydrogen (secondary N) is 1. The Bertz CT molecular complexity index is 898. The van der Waals surface area contributed by atoms with Gasteiger partial charge in [-0.25, -0.2) is 4.39 Å². The van der Waals surface area contributed by atoms with E-state index in [0.717, 1.165) is 22.6 Å². The first-order valence-corrected chi connectivity index (χ1v) is 10.5. The average molecular weight is 404 g/mol. The number of piperidine rings is 1. The molecule has 0 amide bonds. The van der Waals surface area contributed by atoms with Crippen LogP contribution in [0.3, 0.4) is 0 Å². The third-order valence-corrected chi connectivity index (χ3v) is 6.27. The molecular weight excluding hydrogens is 377 g/mol. The minimum absolute atomic E-state index is 0.224. The highest BCUT2D eigenvalue weighted by atomic mass is 32.1. The Morgan fingerprint density at radius 3 is 2.89 bits per heavy atom. The molecular formula is C21H26FN3O2S. The lowest BCUT2D eigenvalue weighted by Gasteiger charge is -2.36. The van der Waals surface area contributed by atoms with Crippen LogP contribution in [-0.2, 0) is 4.74 Å².